The lowest BCUT2D eigenvalue weighted by atomic mass is 9.96. The third-order valence-electron chi connectivity index (χ3n) is 3.10. The number of halogens is 1. The summed E-state index contributed by atoms with van der Waals surface area (Å²) in [5.74, 6) is -0.225. The van der Waals surface area contributed by atoms with Crippen molar-refractivity contribution in [2.45, 2.75) is 26.4 Å². The molecule has 1 aromatic rings. The molecule has 1 saturated heterocycles. The van der Waals surface area contributed by atoms with Crippen LogP contribution in [0.3, 0.4) is 0 Å². The fourth-order valence-electron chi connectivity index (χ4n) is 1.94. The Hall–Kier alpha value is -1.22. The van der Waals surface area contributed by atoms with E-state index in [1.54, 1.807) is 19.1 Å². The van der Waals surface area contributed by atoms with E-state index < -0.39 is 6.10 Å². The number of ether oxygens (including phenoxy) is 1. The predicted octanol–water partition coefficient (Wildman–Crippen LogP) is 2.74. The number of benzene rings is 1. The quantitative estimate of drug-likeness (QED) is 0.719. The Morgan fingerprint density at radius 1 is 1.50 bits per heavy atom. The van der Waals surface area contributed by atoms with E-state index in [9.17, 15) is 9.18 Å². The Bertz CT molecular complexity index is 414. The second-order valence-corrected chi connectivity index (χ2v) is 4.39. The summed E-state index contributed by atoms with van der Waals surface area (Å²) in [6.07, 6.45) is 0.493. The van der Waals surface area contributed by atoms with Gasteiger partial charge in [0, 0.05) is 12.2 Å². The molecule has 2 nitrogen and oxygen atoms in total. The lowest BCUT2D eigenvalue weighted by Gasteiger charge is -2.13. The molecular weight excluding hydrogens is 207 g/mol. The van der Waals surface area contributed by atoms with Crippen molar-refractivity contribution in [1.82, 2.24) is 0 Å². The first-order valence-electron chi connectivity index (χ1n) is 5.51. The van der Waals surface area contributed by atoms with Gasteiger partial charge in [0.1, 0.15) is 11.9 Å². The van der Waals surface area contributed by atoms with Gasteiger partial charge in [0.25, 0.3) is 0 Å². The van der Waals surface area contributed by atoms with Gasteiger partial charge >= 0.3 is 0 Å². The maximum Gasteiger partial charge on any atom is 0.191 e. The van der Waals surface area contributed by atoms with Crippen molar-refractivity contribution in [3.63, 3.8) is 0 Å². The van der Waals surface area contributed by atoms with Crippen molar-refractivity contribution >= 4 is 5.78 Å². The van der Waals surface area contributed by atoms with Crippen molar-refractivity contribution in [2.24, 2.45) is 5.92 Å². The lowest BCUT2D eigenvalue weighted by molar-refractivity contribution is 0.0579. The molecule has 16 heavy (non-hydrogen) atoms. The topological polar surface area (TPSA) is 26.3 Å². The minimum atomic E-state index is -0.401. The van der Waals surface area contributed by atoms with Crippen molar-refractivity contribution in [3.8, 4) is 0 Å². The number of aryl methyl sites for hydroxylation is 1. The number of carbonyl (C=O) groups is 1. The molecule has 2 rings (SSSR count). The van der Waals surface area contributed by atoms with E-state index in [0.717, 1.165) is 6.42 Å². The van der Waals surface area contributed by atoms with Gasteiger partial charge in [0.15, 0.2) is 5.78 Å². The first-order valence-corrected chi connectivity index (χ1v) is 5.51. The van der Waals surface area contributed by atoms with Gasteiger partial charge in [0.2, 0.25) is 0 Å². The third kappa shape index (κ3) is 2.00. The van der Waals surface area contributed by atoms with Gasteiger partial charge in [-0.15, -0.1) is 0 Å². The van der Waals surface area contributed by atoms with Gasteiger partial charge in [-0.25, -0.2) is 4.39 Å². The number of ketones is 1. The SMILES string of the molecule is Cc1ccc(C(=O)C2OCCC2C)cc1F. The van der Waals surface area contributed by atoms with Gasteiger partial charge in [-0.1, -0.05) is 19.1 Å². The number of Topliss-reactive ketones (excluding diaryl/α,β-unsaturated/α-hetero) is 1. The van der Waals surface area contributed by atoms with Crippen LogP contribution in [0.25, 0.3) is 0 Å². The zero-order valence-corrected chi connectivity index (χ0v) is 9.50. The molecule has 0 bridgehead atoms. The molecule has 0 radical (unpaired) electrons. The van der Waals surface area contributed by atoms with Gasteiger partial charge in [-0.3, -0.25) is 4.79 Å². The summed E-state index contributed by atoms with van der Waals surface area (Å²) in [4.78, 5) is 12.0. The van der Waals surface area contributed by atoms with Crippen molar-refractivity contribution in [2.75, 3.05) is 6.61 Å². The smallest absolute Gasteiger partial charge is 0.191 e. The highest BCUT2D eigenvalue weighted by Crippen LogP contribution is 2.24. The summed E-state index contributed by atoms with van der Waals surface area (Å²) >= 11 is 0. The molecule has 0 aliphatic carbocycles. The van der Waals surface area contributed by atoms with E-state index in [2.05, 4.69) is 0 Å². The monoisotopic (exact) mass is 222 g/mol. The normalized spacial score (nSPS) is 24.7. The van der Waals surface area contributed by atoms with Crippen LogP contribution in [0.5, 0.6) is 0 Å². The Balaban J connectivity index is 2.23. The molecule has 1 fully saturated rings. The van der Waals surface area contributed by atoms with Gasteiger partial charge in [0.05, 0.1) is 0 Å². The third-order valence-corrected chi connectivity index (χ3v) is 3.10. The molecule has 0 saturated carbocycles. The highest BCUT2D eigenvalue weighted by Gasteiger charge is 2.31. The number of hydrogen-bond acceptors (Lipinski definition) is 2. The van der Waals surface area contributed by atoms with Crippen molar-refractivity contribution in [1.29, 1.82) is 0 Å². The summed E-state index contributed by atoms with van der Waals surface area (Å²) in [7, 11) is 0. The lowest BCUT2D eigenvalue weighted by Crippen LogP contribution is -2.25. The zero-order valence-electron chi connectivity index (χ0n) is 9.50. The molecule has 2 atom stereocenters. The Morgan fingerprint density at radius 3 is 2.81 bits per heavy atom. The van der Waals surface area contributed by atoms with Gasteiger partial charge in [-0.2, -0.15) is 0 Å². The minimum Gasteiger partial charge on any atom is -0.370 e. The van der Waals surface area contributed by atoms with E-state index in [0.29, 0.717) is 17.7 Å². The first-order chi connectivity index (χ1) is 7.59. The Morgan fingerprint density at radius 2 is 2.25 bits per heavy atom. The van der Waals surface area contributed by atoms with Crippen LogP contribution in [0.2, 0.25) is 0 Å². The van der Waals surface area contributed by atoms with Gasteiger partial charge in [-0.05, 0) is 30.9 Å². The number of hydrogen-bond donors (Lipinski definition) is 0. The highest BCUT2D eigenvalue weighted by atomic mass is 19.1. The summed E-state index contributed by atoms with van der Waals surface area (Å²) in [6.45, 7) is 4.28. The summed E-state index contributed by atoms with van der Waals surface area (Å²) in [6, 6.07) is 4.59. The van der Waals surface area contributed by atoms with Crippen molar-refractivity contribution in [3.05, 3.63) is 35.1 Å². The van der Waals surface area contributed by atoms with Crippen LogP contribution in [0, 0.1) is 18.7 Å². The van der Waals surface area contributed by atoms with E-state index in [1.165, 1.54) is 6.07 Å². The van der Waals surface area contributed by atoms with Gasteiger partial charge < -0.3 is 4.74 Å². The summed E-state index contributed by atoms with van der Waals surface area (Å²) in [5.41, 5.74) is 0.957. The van der Waals surface area contributed by atoms with Crippen molar-refractivity contribution < 1.29 is 13.9 Å². The number of carbonyl (C=O) groups excluding carboxylic acids is 1. The van der Waals surface area contributed by atoms with E-state index >= 15 is 0 Å². The standard InChI is InChI=1S/C13H15FO2/c1-8-3-4-10(7-11(8)14)12(15)13-9(2)5-6-16-13/h3-4,7,9,13H,5-6H2,1-2H3. The van der Waals surface area contributed by atoms with Crippen LogP contribution in [-0.2, 0) is 4.74 Å². The molecule has 0 aromatic heterocycles. The molecule has 0 amide bonds. The highest BCUT2D eigenvalue weighted by molar-refractivity contribution is 5.99. The largest absolute Gasteiger partial charge is 0.370 e. The first kappa shape index (κ1) is 11.3. The van der Waals surface area contributed by atoms with E-state index in [-0.39, 0.29) is 17.5 Å². The minimum absolute atomic E-state index is 0.107. The predicted molar refractivity (Wildman–Crippen MR) is 59.0 cm³/mol. The van der Waals surface area contributed by atoms with Crippen LogP contribution < -0.4 is 0 Å². The van der Waals surface area contributed by atoms with E-state index in [1.807, 2.05) is 6.92 Å². The molecule has 2 unspecified atom stereocenters. The fraction of sp³-hybridized carbons (Fsp3) is 0.462. The molecule has 0 spiro atoms. The van der Waals surface area contributed by atoms with Crippen LogP contribution in [-0.4, -0.2) is 18.5 Å². The molecular formula is C13H15FO2. The molecule has 1 heterocycles. The summed E-state index contributed by atoms with van der Waals surface area (Å²) in [5, 5.41) is 0. The molecule has 1 aliphatic heterocycles. The fourth-order valence-corrected chi connectivity index (χ4v) is 1.94. The Labute approximate surface area is 94.4 Å². The maximum atomic E-state index is 13.3. The number of rotatable bonds is 2. The molecule has 1 aromatic carbocycles. The maximum absolute atomic E-state index is 13.3. The molecule has 0 N–H and O–H groups in total. The second kappa shape index (κ2) is 4.34. The van der Waals surface area contributed by atoms with Crippen LogP contribution >= 0.6 is 0 Å². The molecule has 3 heteroatoms. The zero-order chi connectivity index (χ0) is 11.7. The molecule has 1 aliphatic rings. The summed E-state index contributed by atoms with van der Waals surface area (Å²) < 4.78 is 18.7. The Kier molecular flexibility index (Phi) is 3.06. The van der Waals surface area contributed by atoms with Crippen LogP contribution in [0.4, 0.5) is 4.39 Å². The van der Waals surface area contributed by atoms with Crippen LogP contribution in [0.1, 0.15) is 29.3 Å². The van der Waals surface area contributed by atoms with Crippen LogP contribution in [0.15, 0.2) is 18.2 Å². The van der Waals surface area contributed by atoms with E-state index in [4.69, 9.17) is 4.74 Å². The average molecular weight is 222 g/mol. The average Bonchev–Trinajstić information content (AvgIpc) is 2.67. The molecule has 86 valence electrons. The second-order valence-electron chi connectivity index (χ2n) is 4.39.